The number of benzene rings is 1. The van der Waals surface area contributed by atoms with Crippen LogP contribution in [0.1, 0.15) is 18.4 Å². The standard InChI is InChI=1S/C17H16FN3O2S/c18-14-5-1-3-12(9-14)4-2-8-22-16-17(20-24-19-16)23-15-10-13-6-7-21(15)11-13/h1,3,5,9,13,15H,6-8,10-11H2. The average molecular weight is 345 g/mol. The molecule has 2 saturated heterocycles. The maximum atomic E-state index is 13.1. The molecular weight excluding hydrogens is 329 g/mol. The fourth-order valence-electron chi connectivity index (χ4n) is 3.14. The summed E-state index contributed by atoms with van der Waals surface area (Å²) in [4.78, 5) is 2.33. The van der Waals surface area contributed by atoms with Gasteiger partial charge >= 0.3 is 0 Å². The Labute approximate surface area is 143 Å². The summed E-state index contributed by atoms with van der Waals surface area (Å²) < 4.78 is 32.9. The molecule has 3 unspecified atom stereocenters. The molecule has 0 spiro atoms. The van der Waals surface area contributed by atoms with Crippen LogP contribution in [0.3, 0.4) is 0 Å². The number of hydrogen-bond donors (Lipinski definition) is 0. The Morgan fingerprint density at radius 1 is 1.33 bits per heavy atom. The third-order valence-electron chi connectivity index (χ3n) is 4.28. The first-order valence-electron chi connectivity index (χ1n) is 7.88. The lowest BCUT2D eigenvalue weighted by Gasteiger charge is -2.24. The zero-order valence-electron chi connectivity index (χ0n) is 12.9. The summed E-state index contributed by atoms with van der Waals surface area (Å²) in [6.45, 7) is 2.34. The molecule has 0 aliphatic carbocycles. The molecule has 124 valence electrons. The Kier molecular flexibility index (Phi) is 4.32. The summed E-state index contributed by atoms with van der Waals surface area (Å²) in [7, 11) is 0. The SMILES string of the molecule is Fc1cccc(C#CCOc2nsnc2OC2CC3CCN2C3)c1. The molecule has 4 rings (SSSR count). The molecule has 7 heteroatoms. The van der Waals surface area contributed by atoms with Crippen molar-refractivity contribution in [1.82, 2.24) is 13.6 Å². The van der Waals surface area contributed by atoms with Crippen molar-refractivity contribution in [2.75, 3.05) is 19.7 Å². The van der Waals surface area contributed by atoms with Gasteiger partial charge in [-0.15, -0.1) is 8.75 Å². The largest absolute Gasteiger partial charge is 0.460 e. The summed E-state index contributed by atoms with van der Waals surface area (Å²) >= 11 is 1.06. The van der Waals surface area contributed by atoms with Crippen molar-refractivity contribution in [1.29, 1.82) is 0 Å². The maximum absolute atomic E-state index is 13.1. The van der Waals surface area contributed by atoms with Crippen LogP contribution in [0.15, 0.2) is 24.3 Å². The van der Waals surface area contributed by atoms with E-state index in [-0.39, 0.29) is 18.7 Å². The van der Waals surface area contributed by atoms with Crippen LogP contribution in [0, 0.1) is 23.6 Å². The van der Waals surface area contributed by atoms with Crippen molar-refractivity contribution in [3.05, 3.63) is 35.6 Å². The number of aromatic nitrogens is 2. The molecule has 0 radical (unpaired) electrons. The van der Waals surface area contributed by atoms with Crippen LogP contribution < -0.4 is 9.47 Å². The first-order valence-corrected chi connectivity index (χ1v) is 8.61. The van der Waals surface area contributed by atoms with Crippen molar-refractivity contribution in [3.8, 4) is 23.6 Å². The molecule has 3 heterocycles. The van der Waals surface area contributed by atoms with Gasteiger partial charge in [0.15, 0.2) is 12.8 Å². The van der Waals surface area contributed by atoms with E-state index in [0.717, 1.165) is 37.2 Å². The van der Waals surface area contributed by atoms with Crippen molar-refractivity contribution >= 4 is 11.7 Å². The number of ether oxygens (including phenoxy) is 2. The number of fused-ring (bicyclic) bond motifs is 2. The number of rotatable bonds is 4. The van der Waals surface area contributed by atoms with E-state index in [2.05, 4.69) is 25.5 Å². The lowest BCUT2D eigenvalue weighted by molar-refractivity contribution is 0.0489. The molecule has 2 aromatic rings. The third kappa shape index (κ3) is 3.35. The second-order valence-electron chi connectivity index (χ2n) is 5.93. The normalized spacial score (nSPS) is 24.5. The Morgan fingerprint density at radius 2 is 2.25 bits per heavy atom. The second-order valence-corrected chi connectivity index (χ2v) is 6.46. The molecule has 1 aromatic carbocycles. The minimum absolute atomic E-state index is 0.0772. The van der Waals surface area contributed by atoms with Gasteiger partial charge in [-0.2, -0.15) is 0 Å². The van der Waals surface area contributed by atoms with Crippen LogP contribution in [0.4, 0.5) is 4.39 Å². The second kappa shape index (κ2) is 6.75. The van der Waals surface area contributed by atoms with Gasteiger partial charge in [0, 0.05) is 25.1 Å². The molecule has 2 aliphatic rings. The highest BCUT2D eigenvalue weighted by atomic mass is 32.1. The fraction of sp³-hybridized carbons (Fsp3) is 0.412. The van der Waals surface area contributed by atoms with Gasteiger partial charge in [-0.25, -0.2) is 4.39 Å². The maximum Gasteiger partial charge on any atom is 0.292 e. The van der Waals surface area contributed by atoms with Crippen LogP contribution in [0.5, 0.6) is 11.8 Å². The third-order valence-corrected chi connectivity index (χ3v) is 4.77. The molecule has 0 saturated carbocycles. The predicted molar refractivity (Wildman–Crippen MR) is 87.4 cm³/mol. The lowest BCUT2D eigenvalue weighted by atomic mass is 10.1. The molecule has 24 heavy (non-hydrogen) atoms. The highest BCUT2D eigenvalue weighted by Gasteiger charge is 2.39. The molecule has 2 fully saturated rings. The zero-order valence-corrected chi connectivity index (χ0v) is 13.8. The van der Waals surface area contributed by atoms with Crippen LogP contribution >= 0.6 is 11.7 Å². The summed E-state index contributed by atoms with van der Waals surface area (Å²) in [5.41, 5.74) is 0.612. The van der Waals surface area contributed by atoms with Gasteiger partial charge in [-0.3, -0.25) is 4.90 Å². The van der Waals surface area contributed by atoms with Crippen molar-refractivity contribution < 1.29 is 13.9 Å². The smallest absolute Gasteiger partial charge is 0.292 e. The van der Waals surface area contributed by atoms with Crippen molar-refractivity contribution in [2.24, 2.45) is 5.92 Å². The van der Waals surface area contributed by atoms with E-state index in [1.165, 1.54) is 18.6 Å². The first-order chi connectivity index (χ1) is 11.8. The van der Waals surface area contributed by atoms with E-state index >= 15 is 0 Å². The van der Waals surface area contributed by atoms with Crippen LogP contribution in [-0.2, 0) is 0 Å². The molecule has 2 bridgehead atoms. The van der Waals surface area contributed by atoms with E-state index in [1.54, 1.807) is 12.1 Å². The van der Waals surface area contributed by atoms with Crippen LogP contribution in [0.25, 0.3) is 0 Å². The number of halogens is 1. The van der Waals surface area contributed by atoms with Crippen LogP contribution in [-0.4, -0.2) is 39.6 Å². The zero-order chi connectivity index (χ0) is 16.4. The number of hydrogen-bond acceptors (Lipinski definition) is 6. The van der Waals surface area contributed by atoms with E-state index in [0.29, 0.717) is 17.3 Å². The Hall–Kier alpha value is -2.17. The molecular formula is C17H16FN3O2S. The van der Waals surface area contributed by atoms with E-state index in [4.69, 9.17) is 9.47 Å². The van der Waals surface area contributed by atoms with E-state index in [1.807, 2.05) is 0 Å². The van der Waals surface area contributed by atoms with Gasteiger partial charge in [0.25, 0.3) is 11.8 Å². The van der Waals surface area contributed by atoms with Crippen LogP contribution in [0.2, 0.25) is 0 Å². The lowest BCUT2D eigenvalue weighted by Crippen LogP contribution is -2.34. The van der Waals surface area contributed by atoms with Gasteiger partial charge in [-0.05, 0) is 30.5 Å². The highest BCUT2D eigenvalue weighted by Crippen LogP contribution is 2.35. The van der Waals surface area contributed by atoms with Crippen molar-refractivity contribution in [3.63, 3.8) is 0 Å². The first kappa shape index (κ1) is 15.4. The van der Waals surface area contributed by atoms with Gasteiger partial charge in [0.1, 0.15) is 5.82 Å². The number of piperidine rings is 1. The molecule has 0 amide bonds. The monoisotopic (exact) mass is 345 g/mol. The highest BCUT2D eigenvalue weighted by molar-refractivity contribution is 6.99. The van der Waals surface area contributed by atoms with Gasteiger partial charge in [0.2, 0.25) is 0 Å². The molecule has 5 nitrogen and oxygen atoms in total. The fourth-order valence-corrected chi connectivity index (χ4v) is 3.58. The molecule has 2 aliphatic heterocycles. The van der Waals surface area contributed by atoms with Gasteiger partial charge in [0.05, 0.1) is 11.7 Å². The minimum atomic E-state index is -0.303. The summed E-state index contributed by atoms with van der Waals surface area (Å²) in [5, 5.41) is 0. The Bertz CT molecular complexity index is 785. The quantitative estimate of drug-likeness (QED) is 0.797. The topological polar surface area (TPSA) is 47.5 Å². The summed E-state index contributed by atoms with van der Waals surface area (Å²) in [6.07, 6.45) is 2.37. The summed E-state index contributed by atoms with van der Waals surface area (Å²) in [5.74, 6) is 6.94. The van der Waals surface area contributed by atoms with E-state index in [9.17, 15) is 4.39 Å². The average Bonchev–Trinajstić information content (AvgIpc) is 3.29. The Morgan fingerprint density at radius 3 is 3.04 bits per heavy atom. The van der Waals surface area contributed by atoms with Crippen molar-refractivity contribution in [2.45, 2.75) is 19.1 Å². The molecule has 3 atom stereocenters. The van der Waals surface area contributed by atoms with Gasteiger partial charge < -0.3 is 9.47 Å². The summed E-state index contributed by atoms with van der Waals surface area (Å²) in [6, 6.07) is 6.15. The van der Waals surface area contributed by atoms with E-state index < -0.39 is 0 Å². The minimum Gasteiger partial charge on any atom is -0.460 e. The predicted octanol–water partition coefficient (Wildman–Crippen LogP) is 2.54. The van der Waals surface area contributed by atoms with Gasteiger partial charge in [-0.1, -0.05) is 17.9 Å². The molecule has 1 aromatic heterocycles. The Balaban J connectivity index is 1.34. The molecule has 0 N–H and O–H groups in total. The number of nitrogens with zero attached hydrogens (tertiary/aromatic N) is 3.